The average molecular weight is 271 g/mol. The molecule has 2 rings (SSSR count). The zero-order chi connectivity index (χ0) is 11.5. The Labute approximate surface area is 110 Å². The summed E-state index contributed by atoms with van der Waals surface area (Å²) in [6, 6.07) is 6.54. The van der Waals surface area contributed by atoms with Gasteiger partial charge in [0.1, 0.15) is 5.38 Å². The third-order valence-electron chi connectivity index (χ3n) is 2.67. The summed E-state index contributed by atoms with van der Waals surface area (Å²) in [7, 11) is 0. The van der Waals surface area contributed by atoms with Crippen molar-refractivity contribution in [2.75, 3.05) is 0 Å². The number of thiophene rings is 2. The van der Waals surface area contributed by atoms with Crippen LogP contribution in [0.1, 0.15) is 39.4 Å². The van der Waals surface area contributed by atoms with E-state index in [1.54, 1.807) is 11.3 Å². The van der Waals surface area contributed by atoms with Crippen LogP contribution in [0.15, 0.2) is 23.6 Å². The zero-order valence-electron chi connectivity index (χ0n) is 9.50. The van der Waals surface area contributed by atoms with Gasteiger partial charge in [-0.15, -0.1) is 34.3 Å². The second kappa shape index (κ2) is 5.35. The molecule has 0 N–H and O–H groups in total. The minimum Gasteiger partial charge on any atom is -0.147 e. The van der Waals surface area contributed by atoms with E-state index in [9.17, 15) is 0 Å². The van der Waals surface area contributed by atoms with Crippen molar-refractivity contribution < 1.29 is 0 Å². The van der Waals surface area contributed by atoms with Crippen molar-refractivity contribution in [2.45, 2.75) is 32.1 Å². The van der Waals surface area contributed by atoms with Crippen molar-refractivity contribution in [3.63, 3.8) is 0 Å². The Balaban J connectivity index is 2.27. The predicted molar refractivity (Wildman–Crippen MR) is 75.1 cm³/mol. The standard InChI is InChI=1S/C13H15ClS2/c1-3-9-7-8-15-13(9)12(14)11-6-5-10(4-2)16-11/h5-8,12H,3-4H2,1-2H3. The largest absolute Gasteiger partial charge is 0.147 e. The Morgan fingerprint density at radius 3 is 2.62 bits per heavy atom. The van der Waals surface area contributed by atoms with Crippen LogP contribution >= 0.6 is 34.3 Å². The maximum Gasteiger partial charge on any atom is 0.102 e. The van der Waals surface area contributed by atoms with Gasteiger partial charge >= 0.3 is 0 Å². The van der Waals surface area contributed by atoms with Crippen LogP contribution < -0.4 is 0 Å². The molecule has 1 unspecified atom stereocenters. The molecule has 0 bridgehead atoms. The lowest BCUT2D eigenvalue weighted by molar-refractivity contribution is 1.09. The van der Waals surface area contributed by atoms with Gasteiger partial charge in [-0.1, -0.05) is 13.8 Å². The summed E-state index contributed by atoms with van der Waals surface area (Å²) in [6.45, 7) is 4.36. The SMILES string of the molecule is CCc1ccc(C(Cl)c2sccc2CC)s1. The Morgan fingerprint density at radius 1 is 1.19 bits per heavy atom. The summed E-state index contributed by atoms with van der Waals surface area (Å²) < 4.78 is 0. The van der Waals surface area contributed by atoms with E-state index in [1.807, 2.05) is 11.3 Å². The molecule has 1 atom stereocenters. The van der Waals surface area contributed by atoms with Crippen LogP contribution in [-0.4, -0.2) is 0 Å². The molecule has 0 aliphatic carbocycles. The Bertz CT molecular complexity index is 456. The van der Waals surface area contributed by atoms with Gasteiger partial charge in [-0.2, -0.15) is 0 Å². The van der Waals surface area contributed by atoms with E-state index in [0.29, 0.717) is 0 Å². The molecule has 16 heavy (non-hydrogen) atoms. The molecule has 0 fully saturated rings. The molecule has 3 heteroatoms. The Kier molecular flexibility index (Phi) is 4.06. The van der Waals surface area contributed by atoms with E-state index in [-0.39, 0.29) is 5.38 Å². The average Bonchev–Trinajstić information content (AvgIpc) is 2.96. The van der Waals surface area contributed by atoms with Crippen molar-refractivity contribution in [3.05, 3.63) is 43.8 Å². The molecule has 0 amide bonds. The van der Waals surface area contributed by atoms with E-state index in [2.05, 4.69) is 37.4 Å². The fourth-order valence-electron chi connectivity index (χ4n) is 1.71. The van der Waals surface area contributed by atoms with Crippen molar-refractivity contribution in [2.24, 2.45) is 0 Å². The Morgan fingerprint density at radius 2 is 2.00 bits per heavy atom. The minimum atomic E-state index is 0.0419. The first-order valence-corrected chi connectivity index (χ1v) is 7.68. The third-order valence-corrected chi connectivity index (χ3v) is 5.70. The van der Waals surface area contributed by atoms with Crippen LogP contribution in [0.5, 0.6) is 0 Å². The first-order chi connectivity index (χ1) is 7.76. The summed E-state index contributed by atoms with van der Waals surface area (Å²) >= 11 is 10.1. The summed E-state index contributed by atoms with van der Waals surface area (Å²) in [5, 5.41) is 2.18. The van der Waals surface area contributed by atoms with Crippen LogP contribution in [0.2, 0.25) is 0 Å². The van der Waals surface area contributed by atoms with Crippen molar-refractivity contribution in [3.8, 4) is 0 Å². The smallest absolute Gasteiger partial charge is 0.102 e. The van der Waals surface area contributed by atoms with Gasteiger partial charge in [-0.3, -0.25) is 0 Å². The van der Waals surface area contributed by atoms with Gasteiger partial charge in [-0.05, 0) is 42.0 Å². The van der Waals surface area contributed by atoms with E-state index in [1.165, 1.54) is 20.2 Å². The van der Waals surface area contributed by atoms with Crippen molar-refractivity contribution in [1.82, 2.24) is 0 Å². The van der Waals surface area contributed by atoms with E-state index >= 15 is 0 Å². The van der Waals surface area contributed by atoms with Gasteiger partial charge in [0.25, 0.3) is 0 Å². The minimum absolute atomic E-state index is 0.0419. The first-order valence-electron chi connectivity index (χ1n) is 5.55. The maximum absolute atomic E-state index is 6.55. The molecule has 2 heterocycles. The first kappa shape index (κ1) is 12.2. The van der Waals surface area contributed by atoms with Crippen LogP contribution in [0.25, 0.3) is 0 Å². The fourth-order valence-corrected chi connectivity index (χ4v) is 4.22. The molecule has 0 radical (unpaired) electrons. The van der Waals surface area contributed by atoms with Crippen LogP contribution in [0, 0.1) is 0 Å². The van der Waals surface area contributed by atoms with Crippen LogP contribution in [0.3, 0.4) is 0 Å². The molecule has 0 saturated heterocycles. The van der Waals surface area contributed by atoms with Gasteiger partial charge in [0.2, 0.25) is 0 Å². The quantitative estimate of drug-likeness (QED) is 0.665. The molecule has 0 saturated carbocycles. The van der Waals surface area contributed by atoms with E-state index < -0.39 is 0 Å². The van der Waals surface area contributed by atoms with Gasteiger partial charge in [0.05, 0.1) is 0 Å². The van der Waals surface area contributed by atoms with E-state index in [4.69, 9.17) is 11.6 Å². The molecule has 0 nitrogen and oxygen atoms in total. The molecular weight excluding hydrogens is 256 g/mol. The molecule has 0 spiro atoms. The van der Waals surface area contributed by atoms with E-state index in [0.717, 1.165) is 12.8 Å². The third kappa shape index (κ3) is 2.34. The van der Waals surface area contributed by atoms with Crippen LogP contribution in [-0.2, 0) is 12.8 Å². The highest BCUT2D eigenvalue weighted by atomic mass is 35.5. The normalized spacial score (nSPS) is 12.9. The predicted octanol–water partition coefficient (Wildman–Crippen LogP) is 5.26. The second-order valence-corrected chi connectivity index (χ2v) is 6.27. The molecule has 86 valence electrons. The summed E-state index contributed by atoms with van der Waals surface area (Å²) in [4.78, 5) is 4.00. The number of rotatable bonds is 4. The Hall–Kier alpha value is -0.310. The maximum atomic E-state index is 6.55. The topological polar surface area (TPSA) is 0 Å². The molecular formula is C13H15ClS2. The van der Waals surface area contributed by atoms with Gasteiger partial charge < -0.3 is 0 Å². The number of halogens is 1. The second-order valence-electron chi connectivity index (χ2n) is 3.68. The van der Waals surface area contributed by atoms with Crippen LogP contribution in [0.4, 0.5) is 0 Å². The highest BCUT2D eigenvalue weighted by Gasteiger charge is 2.17. The van der Waals surface area contributed by atoms with Gasteiger partial charge in [0, 0.05) is 14.6 Å². The molecule has 0 aromatic carbocycles. The summed E-state index contributed by atoms with van der Waals surface area (Å²) in [6.07, 6.45) is 2.16. The molecule has 0 aliphatic heterocycles. The molecule has 2 aromatic rings. The lowest BCUT2D eigenvalue weighted by atomic mass is 10.1. The lowest BCUT2D eigenvalue weighted by Crippen LogP contribution is -1.90. The van der Waals surface area contributed by atoms with Gasteiger partial charge in [0.15, 0.2) is 0 Å². The highest BCUT2D eigenvalue weighted by Crippen LogP contribution is 2.38. The molecule has 2 aromatic heterocycles. The van der Waals surface area contributed by atoms with Crippen molar-refractivity contribution >= 4 is 34.3 Å². The van der Waals surface area contributed by atoms with Crippen molar-refractivity contribution in [1.29, 1.82) is 0 Å². The monoisotopic (exact) mass is 270 g/mol. The number of aryl methyl sites for hydroxylation is 2. The number of hydrogen-bond acceptors (Lipinski definition) is 2. The van der Waals surface area contributed by atoms with Gasteiger partial charge in [-0.25, -0.2) is 0 Å². The molecule has 0 aliphatic rings. The fraction of sp³-hybridized carbons (Fsp3) is 0.385. The number of alkyl halides is 1. The highest BCUT2D eigenvalue weighted by molar-refractivity contribution is 7.13. The number of hydrogen-bond donors (Lipinski definition) is 0. The summed E-state index contributed by atoms with van der Waals surface area (Å²) in [5.41, 5.74) is 1.39. The lowest BCUT2D eigenvalue weighted by Gasteiger charge is -2.07. The zero-order valence-corrected chi connectivity index (χ0v) is 11.9. The summed E-state index contributed by atoms with van der Waals surface area (Å²) in [5.74, 6) is 0.